The standard InChI is InChI=1S/C23H17ClN2O5S/c1-31-23(28)15-4-8-17(9-5-15)26-32(29,30)18-10-11-21-19(13-18)20(22(27)25-21)12-14-2-6-16(24)7-3-14/h2-13,26H,1H3,(H,25,27)/b20-12+. The van der Waals surface area contributed by atoms with E-state index in [9.17, 15) is 18.0 Å². The van der Waals surface area contributed by atoms with Gasteiger partial charge >= 0.3 is 5.97 Å². The van der Waals surface area contributed by atoms with Crippen LogP contribution < -0.4 is 10.0 Å². The number of hydrogen-bond donors (Lipinski definition) is 2. The number of anilines is 2. The summed E-state index contributed by atoms with van der Waals surface area (Å²) in [7, 11) is -2.68. The number of methoxy groups -OCH3 is 1. The van der Waals surface area contributed by atoms with Crippen molar-refractivity contribution in [3.8, 4) is 0 Å². The molecule has 1 aliphatic rings. The monoisotopic (exact) mass is 468 g/mol. The number of carbonyl (C=O) groups excluding carboxylic acids is 2. The molecule has 0 atom stereocenters. The highest BCUT2D eigenvalue weighted by Crippen LogP contribution is 2.35. The second-order valence-electron chi connectivity index (χ2n) is 6.95. The van der Waals surface area contributed by atoms with Crippen molar-refractivity contribution in [3.05, 3.63) is 88.4 Å². The molecule has 0 saturated carbocycles. The molecule has 0 spiro atoms. The van der Waals surface area contributed by atoms with Crippen molar-refractivity contribution < 1.29 is 22.7 Å². The first-order valence-electron chi connectivity index (χ1n) is 9.41. The van der Waals surface area contributed by atoms with Gasteiger partial charge < -0.3 is 10.1 Å². The molecule has 0 radical (unpaired) electrons. The molecule has 0 unspecified atom stereocenters. The van der Waals surface area contributed by atoms with Gasteiger partial charge in [0.25, 0.3) is 15.9 Å². The summed E-state index contributed by atoms with van der Waals surface area (Å²) in [5.74, 6) is -0.842. The summed E-state index contributed by atoms with van der Waals surface area (Å²) in [5.41, 5.74) is 2.69. The summed E-state index contributed by atoms with van der Waals surface area (Å²) in [5, 5.41) is 3.31. The Morgan fingerprint density at radius 3 is 2.38 bits per heavy atom. The van der Waals surface area contributed by atoms with E-state index >= 15 is 0 Å². The number of rotatable bonds is 5. The van der Waals surface area contributed by atoms with Gasteiger partial charge in [0.05, 0.1) is 17.6 Å². The van der Waals surface area contributed by atoms with E-state index in [0.29, 0.717) is 27.4 Å². The molecule has 0 aliphatic carbocycles. The molecule has 0 bridgehead atoms. The van der Waals surface area contributed by atoms with Gasteiger partial charge in [-0.3, -0.25) is 9.52 Å². The molecule has 162 valence electrons. The molecular formula is C23H17ClN2O5S. The Labute approximate surface area is 189 Å². The van der Waals surface area contributed by atoms with Crippen LogP contribution in [-0.4, -0.2) is 27.4 Å². The molecule has 32 heavy (non-hydrogen) atoms. The van der Waals surface area contributed by atoms with E-state index in [-0.39, 0.29) is 16.5 Å². The van der Waals surface area contributed by atoms with Gasteiger partial charge in [-0.1, -0.05) is 23.7 Å². The van der Waals surface area contributed by atoms with Crippen molar-refractivity contribution in [2.75, 3.05) is 17.1 Å². The lowest BCUT2D eigenvalue weighted by Gasteiger charge is -2.10. The number of carbonyl (C=O) groups is 2. The maximum atomic E-state index is 12.9. The number of ether oxygens (including phenoxy) is 1. The van der Waals surface area contributed by atoms with Crippen molar-refractivity contribution >= 4 is 56.5 Å². The topological polar surface area (TPSA) is 102 Å². The van der Waals surface area contributed by atoms with E-state index in [4.69, 9.17) is 11.6 Å². The van der Waals surface area contributed by atoms with Crippen LogP contribution >= 0.6 is 11.6 Å². The molecule has 0 saturated heterocycles. The molecule has 9 heteroatoms. The Kier molecular flexibility index (Phi) is 5.73. The molecule has 0 aromatic heterocycles. The van der Waals surface area contributed by atoms with Crippen molar-refractivity contribution in [3.63, 3.8) is 0 Å². The number of sulfonamides is 1. The zero-order chi connectivity index (χ0) is 22.9. The van der Waals surface area contributed by atoms with Crippen LogP contribution in [0.4, 0.5) is 11.4 Å². The van der Waals surface area contributed by atoms with Gasteiger partial charge in [-0.2, -0.15) is 0 Å². The minimum atomic E-state index is -3.94. The van der Waals surface area contributed by atoms with Crippen molar-refractivity contribution in [1.82, 2.24) is 0 Å². The molecule has 3 aromatic rings. The van der Waals surface area contributed by atoms with Gasteiger partial charge in [0.15, 0.2) is 0 Å². The lowest BCUT2D eigenvalue weighted by molar-refractivity contribution is -0.110. The second-order valence-corrected chi connectivity index (χ2v) is 9.06. The Hall–Kier alpha value is -3.62. The normalized spacial score (nSPS) is 14.1. The number of fused-ring (bicyclic) bond motifs is 1. The van der Waals surface area contributed by atoms with Gasteiger partial charge in [0.1, 0.15) is 0 Å². The maximum absolute atomic E-state index is 12.9. The lowest BCUT2D eigenvalue weighted by atomic mass is 10.0. The molecule has 2 N–H and O–H groups in total. The SMILES string of the molecule is COC(=O)c1ccc(NS(=O)(=O)c2ccc3c(c2)/C(=C\c2ccc(Cl)cc2)C(=O)N3)cc1. The number of nitrogens with one attached hydrogen (secondary N) is 2. The van der Waals surface area contributed by atoms with Gasteiger partial charge in [0.2, 0.25) is 0 Å². The highest BCUT2D eigenvalue weighted by atomic mass is 35.5. The highest BCUT2D eigenvalue weighted by Gasteiger charge is 2.26. The minimum absolute atomic E-state index is 0.00759. The summed E-state index contributed by atoms with van der Waals surface area (Å²) in [6, 6.07) is 17.2. The molecule has 3 aromatic carbocycles. The van der Waals surface area contributed by atoms with Crippen molar-refractivity contribution in [2.45, 2.75) is 4.90 Å². The quantitative estimate of drug-likeness (QED) is 0.426. The van der Waals surface area contributed by atoms with Crippen LogP contribution in [0.2, 0.25) is 5.02 Å². The van der Waals surface area contributed by atoms with E-state index in [0.717, 1.165) is 5.56 Å². The first-order chi connectivity index (χ1) is 15.3. The fourth-order valence-corrected chi connectivity index (χ4v) is 4.42. The van der Waals surface area contributed by atoms with Crippen LogP contribution in [0, 0.1) is 0 Å². The van der Waals surface area contributed by atoms with Crippen molar-refractivity contribution in [2.24, 2.45) is 0 Å². The summed E-state index contributed by atoms with van der Waals surface area (Å²) in [6.07, 6.45) is 1.67. The zero-order valence-electron chi connectivity index (χ0n) is 16.8. The van der Waals surface area contributed by atoms with Crippen molar-refractivity contribution in [1.29, 1.82) is 0 Å². The number of esters is 1. The first-order valence-corrected chi connectivity index (χ1v) is 11.3. The molecular weight excluding hydrogens is 452 g/mol. The molecule has 4 rings (SSSR count). The van der Waals surface area contributed by atoms with E-state index < -0.39 is 16.0 Å². The zero-order valence-corrected chi connectivity index (χ0v) is 18.3. The predicted octanol–water partition coefficient (Wildman–Crippen LogP) is 4.42. The van der Waals surface area contributed by atoms with Gasteiger partial charge in [-0.25, -0.2) is 13.2 Å². The summed E-state index contributed by atoms with van der Waals surface area (Å²) < 4.78 is 32.9. The van der Waals surface area contributed by atoms with Gasteiger partial charge in [0, 0.05) is 27.5 Å². The number of benzene rings is 3. The molecule has 1 amide bonds. The van der Waals surface area contributed by atoms with Crippen LogP contribution in [0.1, 0.15) is 21.5 Å². The maximum Gasteiger partial charge on any atom is 0.337 e. The number of hydrogen-bond acceptors (Lipinski definition) is 5. The lowest BCUT2D eigenvalue weighted by Crippen LogP contribution is -2.13. The summed E-state index contributed by atoms with van der Waals surface area (Å²) in [4.78, 5) is 24.0. The average Bonchev–Trinajstić information content (AvgIpc) is 3.09. The van der Waals surface area contributed by atoms with E-state index in [1.807, 2.05) is 0 Å². The Balaban J connectivity index is 1.64. The third kappa shape index (κ3) is 4.37. The summed E-state index contributed by atoms with van der Waals surface area (Å²) >= 11 is 5.91. The fourth-order valence-electron chi connectivity index (χ4n) is 3.21. The molecule has 0 fully saturated rings. The smallest absolute Gasteiger partial charge is 0.337 e. The van der Waals surface area contributed by atoms with Crippen LogP contribution in [0.25, 0.3) is 11.6 Å². The Bertz CT molecular complexity index is 1350. The number of amides is 1. The largest absolute Gasteiger partial charge is 0.465 e. The molecule has 1 heterocycles. The third-order valence-corrected chi connectivity index (χ3v) is 6.45. The third-order valence-electron chi connectivity index (χ3n) is 4.82. The van der Waals surface area contributed by atoms with E-state index in [2.05, 4.69) is 14.8 Å². The van der Waals surface area contributed by atoms with Gasteiger partial charge in [-0.05, 0) is 66.2 Å². The Morgan fingerprint density at radius 1 is 1.03 bits per heavy atom. The van der Waals surface area contributed by atoms with Crippen LogP contribution in [0.15, 0.2) is 71.6 Å². The highest BCUT2D eigenvalue weighted by molar-refractivity contribution is 7.92. The van der Waals surface area contributed by atoms with Crippen LogP contribution in [0.3, 0.4) is 0 Å². The predicted molar refractivity (Wildman–Crippen MR) is 123 cm³/mol. The first kappa shape index (κ1) is 21.6. The Morgan fingerprint density at radius 2 is 1.72 bits per heavy atom. The minimum Gasteiger partial charge on any atom is -0.465 e. The number of halogens is 1. The van der Waals surface area contributed by atoms with Crippen LogP contribution in [-0.2, 0) is 19.6 Å². The fraction of sp³-hybridized carbons (Fsp3) is 0.0435. The molecule has 1 aliphatic heterocycles. The van der Waals surface area contributed by atoms with E-state index in [1.165, 1.54) is 43.5 Å². The molecule has 7 nitrogen and oxygen atoms in total. The summed E-state index contributed by atoms with van der Waals surface area (Å²) in [6.45, 7) is 0. The van der Waals surface area contributed by atoms with Crippen LogP contribution in [0.5, 0.6) is 0 Å². The second kappa shape index (κ2) is 8.49. The van der Waals surface area contributed by atoms with Gasteiger partial charge in [-0.15, -0.1) is 0 Å². The average molecular weight is 469 g/mol. The van der Waals surface area contributed by atoms with E-state index in [1.54, 1.807) is 36.4 Å².